The molecular formula is C13H19F2NO. The number of benzene rings is 1. The predicted octanol–water partition coefficient (Wildman–Crippen LogP) is 2.96. The topological polar surface area (TPSA) is 21.3 Å². The van der Waals surface area contributed by atoms with E-state index in [4.69, 9.17) is 4.74 Å². The molecule has 0 radical (unpaired) electrons. The fourth-order valence-electron chi connectivity index (χ4n) is 1.68. The van der Waals surface area contributed by atoms with Crippen molar-refractivity contribution in [1.82, 2.24) is 5.32 Å². The van der Waals surface area contributed by atoms with Crippen molar-refractivity contribution >= 4 is 0 Å². The second-order valence-corrected chi connectivity index (χ2v) is 3.95. The Morgan fingerprint density at radius 3 is 2.59 bits per heavy atom. The molecule has 0 saturated carbocycles. The fourth-order valence-corrected chi connectivity index (χ4v) is 1.68. The van der Waals surface area contributed by atoms with Gasteiger partial charge in [0.15, 0.2) is 0 Å². The summed E-state index contributed by atoms with van der Waals surface area (Å²) in [4.78, 5) is 0. The molecule has 17 heavy (non-hydrogen) atoms. The highest BCUT2D eigenvalue weighted by atomic mass is 19.3. The minimum absolute atomic E-state index is 0.0189. The summed E-state index contributed by atoms with van der Waals surface area (Å²) in [6.45, 7) is 2.21. The molecule has 0 heterocycles. The number of aryl methyl sites for hydroxylation is 1. The Hall–Kier alpha value is -1.16. The zero-order chi connectivity index (χ0) is 12.9. The molecule has 1 rings (SSSR count). The van der Waals surface area contributed by atoms with Crippen molar-refractivity contribution in [2.24, 2.45) is 0 Å². The molecule has 0 amide bonds. The van der Waals surface area contributed by atoms with E-state index in [-0.39, 0.29) is 24.3 Å². The third-order valence-electron chi connectivity index (χ3n) is 2.76. The molecule has 0 spiro atoms. The van der Waals surface area contributed by atoms with Gasteiger partial charge in [-0.05, 0) is 31.2 Å². The maximum Gasteiger partial charge on any atom is 0.278 e. The molecule has 0 aromatic heterocycles. The third-order valence-corrected chi connectivity index (χ3v) is 2.76. The summed E-state index contributed by atoms with van der Waals surface area (Å²) in [6, 6.07) is 4.96. The summed E-state index contributed by atoms with van der Waals surface area (Å²) < 4.78 is 33.0. The number of halogens is 2. The van der Waals surface area contributed by atoms with Crippen LogP contribution in [0.25, 0.3) is 0 Å². The van der Waals surface area contributed by atoms with Crippen LogP contribution in [0.3, 0.4) is 0 Å². The van der Waals surface area contributed by atoms with Crippen LogP contribution < -0.4 is 10.1 Å². The first-order chi connectivity index (χ1) is 8.05. The summed E-state index contributed by atoms with van der Waals surface area (Å²) in [6.07, 6.45) is 0.506. The molecule has 0 aliphatic rings. The third kappa shape index (κ3) is 3.40. The van der Waals surface area contributed by atoms with Gasteiger partial charge in [-0.3, -0.25) is 0 Å². The van der Waals surface area contributed by atoms with Crippen LogP contribution in [0.5, 0.6) is 5.75 Å². The zero-order valence-corrected chi connectivity index (χ0v) is 10.5. The Labute approximate surface area is 101 Å². The van der Waals surface area contributed by atoms with Crippen LogP contribution in [-0.2, 0) is 12.3 Å². The summed E-state index contributed by atoms with van der Waals surface area (Å²) >= 11 is 0. The molecule has 0 bridgehead atoms. The molecule has 0 fully saturated rings. The lowest BCUT2D eigenvalue weighted by Gasteiger charge is -2.20. The number of rotatable bonds is 6. The first-order valence-electron chi connectivity index (χ1n) is 5.75. The second kappa shape index (κ2) is 5.96. The van der Waals surface area contributed by atoms with E-state index in [0.717, 1.165) is 12.0 Å². The Balaban J connectivity index is 3.07. The van der Waals surface area contributed by atoms with Gasteiger partial charge >= 0.3 is 0 Å². The molecule has 96 valence electrons. The van der Waals surface area contributed by atoms with Crippen LogP contribution in [0.2, 0.25) is 0 Å². The fraction of sp³-hybridized carbons (Fsp3) is 0.538. The van der Waals surface area contributed by atoms with E-state index in [1.165, 1.54) is 13.2 Å². The maximum atomic E-state index is 14.0. The average molecular weight is 243 g/mol. The molecule has 0 saturated heterocycles. The molecule has 1 aromatic rings. The van der Waals surface area contributed by atoms with E-state index >= 15 is 0 Å². The molecule has 0 aliphatic carbocycles. The van der Waals surface area contributed by atoms with Gasteiger partial charge in [-0.15, -0.1) is 0 Å². The molecule has 4 heteroatoms. The van der Waals surface area contributed by atoms with Gasteiger partial charge in [0.05, 0.1) is 12.7 Å². The van der Waals surface area contributed by atoms with Crippen LogP contribution in [0.4, 0.5) is 8.78 Å². The van der Waals surface area contributed by atoms with Crippen molar-refractivity contribution in [2.75, 3.05) is 20.7 Å². The Morgan fingerprint density at radius 1 is 1.35 bits per heavy atom. The van der Waals surface area contributed by atoms with Gasteiger partial charge in [-0.2, -0.15) is 0 Å². The molecule has 0 aliphatic heterocycles. The number of nitrogens with one attached hydrogen (secondary N) is 1. The van der Waals surface area contributed by atoms with Crippen molar-refractivity contribution in [1.29, 1.82) is 0 Å². The number of ether oxygens (including phenoxy) is 1. The monoisotopic (exact) mass is 243 g/mol. The number of hydrogen-bond donors (Lipinski definition) is 1. The normalized spacial score (nSPS) is 11.6. The lowest BCUT2D eigenvalue weighted by Crippen LogP contribution is -2.21. The summed E-state index contributed by atoms with van der Waals surface area (Å²) in [5.41, 5.74) is 0.875. The van der Waals surface area contributed by atoms with Crippen LogP contribution in [-0.4, -0.2) is 20.7 Å². The molecule has 1 aromatic carbocycles. The van der Waals surface area contributed by atoms with Crippen molar-refractivity contribution < 1.29 is 13.5 Å². The highest BCUT2D eigenvalue weighted by molar-refractivity contribution is 5.40. The summed E-state index contributed by atoms with van der Waals surface area (Å²) in [7, 11) is 3.08. The highest BCUT2D eigenvalue weighted by Crippen LogP contribution is 2.38. The van der Waals surface area contributed by atoms with Gasteiger partial charge in [0.2, 0.25) is 0 Å². The van der Waals surface area contributed by atoms with Crippen LogP contribution in [0.1, 0.15) is 24.5 Å². The van der Waals surface area contributed by atoms with Crippen LogP contribution in [0.15, 0.2) is 18.2 Å². The summed E-state index contributed by atoms with van der Waals surface area (Å²) in [5.74, 6) is -2.61. The van der Waals surface area contributed by atoms with E-state index in [9.17, 15) is 8.78 Å². The Kier molecular flexibility index (Phi) is 4.87. The quantitative estimate of drug-likeness (QED) is 0.829. The standard InChI is InChI=1S/C13H19F2NO/c1-4-10-5-6-12(17-3)11(9-10)13(14,15)7-8-16-2/h5-6,9,16H,4,7-8H2,1-3H3. The van der Waals surface area contributed by atoms with E-state index in [2.05, 4.69) is 5.32 Å². The zero-order valence-electron chi connectivity index (χ0n) is 10.5. The average Bonchev–Trinajstić information content (AvgIpc) is 2.35. The Morgan fingerprint density at radius 2 is 2.06 bits per heavy atom. The van der Waals surface area contributed by atoms with Gasteiger partial charge in [0.25, 0.3) is 5.92 Å². The lowest BCUT2D eigenvalue weighted by molar-refractivity contribution is -0.0144. The molecule has 2 nitrogen and oxygen atoms in total. The predicted molar refractivity (Wildman–Crippen MR) is 64.8 cm³/mol. The van der Waals surface area contributed by atoms with Crippen molar-refractivity contribution in [2.45, 2.75) is 25.7 Å². The molecule has 0 unspecified atom stereocenters. The first kappa shape index (κ1) is 13.9. The highest BCUT2D eigenvalue weighted by Gasteiger charge is 2.34. The largest absolute Gasteiger partial charge is 0.496 e. The van der Waals surface area contributed by atoms with Crippen molar-refractivity contribution in [3.8, 4) is 5.75 Å². The van der Waals surface area contributed by atoms with Crippen LogP contribution in [0, 0.1) is 0 Å². The minimum atomic E-state index is -2.86. The van der Waals surface area contributed by atoms with E-state index < -0.39 is 5.92 Å². The smallest absolute Gasteiger partial charge is 0.278 e. The number of hydrogen-bond acceptors (Lipinski definition) is 2. The van der Waals surface area contributed by atoms with Gasteiger partial charge in [-0.25, -0.2) is 8.78 Å². The number of methoxy groups -OCH3 is 1. The Bertz CT molecular complexity index is 366. The van der Waals surface area contributed by atoms with Gasteiger partial charge in [-0.1, -0.05) is 13.0 Å². The van der Waals surface area contributed by atoms with Crippen molar-refractivity contribution in [3.05, 3.63) is 29.3 Å². The second-order valence-electron chi connectivity index (χ2n) is 3.95. The first-order valence-corrected chi connectivity index (χ1v) is 5.75. The molecule has 1 N–H and O–H groups in total. The minimum Gasteiger partial charge on any atom is -0.496 e. The van der Waals surface area contributed by atoms with E-state index in [1.807, 2.05) is 13.0 Å². The molecular weight excluding hydrogens is 224 g/mol. The SMILES string of the molecule is CCc1ccc(OC)c(C(F)(F)CCNC)c1. The van der Waals surface area contributed by atoms with Crippen molar-refractivity contribution in [3.63, 3.8) is 0 Å². The number of alkyl halides is 2. The lowest BCUT2D eigenvalue weighted by atomic mass is 10.0. The van der Waals surface area contributed by atoms with Crippen LogP contribution >= 0.6 is 0 Å². The summed E-state index contributed by atoms with van der Waals surface area (Å²) in [5, 5.41) is 2.74. The van der Waals surface area contributed by atoms with Gasteiger partial charge in [0, 0.05) is 13.0 Å². The van der Waals surface area contributed by atoms with E-state index in [0.29, 0.717) is 0 Å². The van der Waals surface area contributed by atoms with Gasteiger partial charge < -0.3 is 10.1 Å². The maximum absolute atomic E-state index is 14.0. The van der Waals surface area contributed by atoms with Gasteiger partial charge in [0.1, 0.15) is 5.75 Å². The van der Waals surface area contributed by atoms with E-state index in [1.54, 1.807) is 13.1 Å². The molecule has 0 atom stereocenters.